The zero-order chi connectivity index (χ0) is 19.2. The average Bonchev–Trinajstić information content (AvgIpc) is 3.14. The van der Waals surface area contributed by atoms with Crippen LogP contribution in [-0.2, 0) is 11.2 Å². The summed E-state index contributed by atoms with van der Waals surface area (Å²) in [6, 6.07) is 16.0. The van der Waals surface area contributed by atoms with E-state index in [-0.39, 0.29) is 23.9 Å². The van der Waals surface area contributed by atoms with Crippen LogP contribution in [0.2, 0.25) is 0 Å². The Balaban J connectivity index is 1.79. The first-order chi connectivity index (χ1) is 13.1. The number of nitrogens with two attached hydrogens (primary N) is 1. The Morgan fingerprint density at radius 3 is 2.48 bits per heavy atom. The van der Waals surface area contributed by atoms with E-state index in [9.17, 15) is 4.79 Å². The average molecular weight is 368 g/mol. The monoisotopic (exact) mass is 368 g/mol. The smallest absolute Gasteiger partial charge is 0.223 e. The van der Waals surface area contributed by atoms with Gasteiger partial charge < -0.3 is 20.5 Å². The van der Waals surface area contributed by atoms with E-state index in [1.165, 1.54) is 0 Å². The van der Waals surface area contributed by atoms with Crippen LogP contribution in [0.5, 0.6) is 11.5 Å². The molecular formula is C22H28N2O3. The lowest BCUT2D eigenvalue weighted by Gasteiger charge is -2.22. The van der Waals surface area contributed by atoms with Crippen molar-refractivity contribution in [1.29, 1.82) is 0 Å². The number of ether oxygens (including phenoxy) is 2. The lowest BCUT2D eigenvalue weighted by atomic mass is 9.97. The third kappa shape index (κ3) is 4.80. The Morgan fingerprint density at radius 1 is 1.11 bits per heavy atom. The third-order valence-electron chi connectivity index (χ3n) is 5.25. The van der Waals surface area contributed by atoms with Crippen molar-refractivity contribution in [3.05, 3.63) is 59.7 Å². The molecule has 27 heavy (non-hydrogen) atoms. The predicted molar refractivity (Wildman–Crippen MR) is 106 cm³/mol. The number of benzene rings is 2. The summed E-state index contributed by atoms with van der Waals surface area (Å²) in [6.07, 6.45) is 3.23. The van der Waals surface area contributed by atoms with Crippen LogP contribution in [0.4, 0.5) is 0 Å². The first-order valence-electron chi connectivity index (χ1n) is 9.42. The number of carbonyl (C=O) groups excluding carboxylic acids is 1. The highest BCUT2D eigenvalue weighted by molar-refractivity contribution is 5.79. The van der Waals surface area contributed by atoms with Gasteiger partial charge in [0.25, 0.3) is 0 Å². The molecule has 5 heteroatoms. The number of methoxy groups -OCH3 is 2. The Labute approximate surface area is 160 Å². The first-order valence-corrected chi connectivity index (χ1v) is 9.42. The molecule has 0 aromatic heterocycles. The molecule has 0 spiro atoms. The highest BCUT2D eigenvalue weighted by Gasteiger charge is 2.29. The standard InChI is InChI=1S/C22H28N2O3/c1-26-20-11-8-15(13-21(20)27-2)12-19(16-6-4-3-5-7-16)24-22(25)17-9-10-18(23)14-17/h3-8,11,13,17-19H,9-10,12,14,23H2,1-2H3,(H,24,25). The van der Waals surface area contributed by atoms with Crippen molar-refractivity contribution in [3.8, 4) is 11.5 Å². The van der Waals surface area contributed by atoms with Crippen LogP contribution >= 0.6 is 0 Å². The van der Waals surface area contributed by atoms with Crippen LogP contribution < -0.4 is 20.5 Å². The van der Waals surface area contributed by atoms with Gasteiger partial charge in [-0.05, 0) is 48.9 Å². The number of amides is 1. The second-order valence-corrected chi connectivity index (χ2v) is 7.14. The molecule has 2 aromatic carbocycles. The predicted octanol–water partition coefficient (Wildman–Crippen LogP) is 3.23. The molecule has 1 fully saturated rings. The van der Waals surface area contributed by atoms with E-state index in [4.69, 9.17) is 15.2 Å². The Bertz CT molecular complexity index is 763. The molecule has 3 unspecified atom stereocenters. The van der Waals surface area contributed by atoms with Gasteiger partial charge in [-0.2, -0.15) is 0 Å². The van der Waals surface area contributed by atoms with E-state index in [0.29, 0.717) is 17.9 Å². The molecule has 3 rings (SSSR count). The zero-order valence-corrected chi connectivity index (χ0v) is 16.0. The summed E-state index contributed by atoms with van der Waals surface area (Å²) in [5, 5.41) is 3.24. The molecule has 0 bridgehead atoms. The zero-order valence-electron chi connectivity index (χ0n) is 16.0. The number of hydrogen-bond donors (Lipinski definition) is 2. The fraction of sp³-hybridized carbons (Fsp3) is 0.409. The molecule has 3 N–H and O–H groups in total. The van der Waals surface area contributed by atoms with E-state index in [0.717, 1.165) is 30.4 Å². The second-order valence-electron chi connectivity index (χ2n) is 7.14. The lowest BCUT2D eigenvalue weighted by Crippen LogP contribution is -2.34. The van der Waals surface area contributed by atoms with E-state index in [1.54, 1.807) is 14.2 Å². The van der Waals surface area contributed by atoms with Crippen molar-refractivity contribution < 1.29 is 14.3 Å². The van der Waals surface area contributed by atoms with Crippen molar-refractivity contribution in [3.63, 3.8) is 0 Å². The fourth-order valence-electron chi connectivity index (χ4n) is 3.72. The number of rotatable bonds is 7. The van der Waals surface area contributed by atoms with Crippen LogP contribution in [0.25, 0.3) is 0 Å². The molecule has 1 amide bonds. The highest BCUT2D eigenvalue weighted by atomic mass is 16.5. The van der Waals surface area contributed by atoms with E-state index >= 15 is 0 Å². The molecular weight excluding hydrogens is 340 g/mol. The SMILES string of the molecule is COc1ccc(CC(NC(=O)C2CCC(N)C2)c2ccccc2)cc1OC. The molecule has 3 atom stereocenters. The maximum atomic E-state index is 12.8. The molecule has 5 nitrogen and oxygen atoms in total. The number of nitrogens with one attached hydrogen (secondary N) is 1. The summed E-state index contributed by atoms with van der Waals surface area (Å²) in [4.78, 5) is 12.8. The van der Waals surface area contributed by atoms with Crippen molar-refractivity contribution in [2.45, 2.75) is 37.8 Å². The Morgan fingerprint density at radius 2 is 1.85 bits per heavy atom. The van der Waals surface area contributed by atoms with Crippen LogP contribution in [-0.4, -0.2) is 26.2 Å². The van der Waals surface area contributed by atoms with Crippen LogP contribution in [0.1, 0.15) is 36.4 Å². The van der Waals surface area contributed by atoms with Crippen molar-refractivity contribution in [2.24, 2.45) is 11.7 Å². The van der Waals surface area contributed by atoms with Gasteiger partial charge in [-0.3, -0.25) is 4.79 Å². The van der Waals surface area contributed by atoms with Gasteiger partial charge in [0.1, 0.15) is 0 Å². The molecule has 1 aliphatic carbocycles. The van der Waals surface area contributed by atoms with Gasteiger partial charge in [0.05, 0.1) is 20.3 Å². The minimum absolute atomic E-state index is 0.0108. The summed E-state index contributed by atoms with van der Waals surface area (Å²) in [7, 11) is 3.25. The topological polar surface area (TPSA) is 73.6 Å². The van der Waals surface area contributed by atoms with Gasteiger partial charge in [0.2, 0.25) is 5.91 Å². The van der Waals surface area contributed by atoms with Gasteiger partial charge in [0, 0.05) is 12.0 Å². The summed E-state index contributed by atoms with van der Waals surface area (Å²) < 4.78 is 10.7. The highest BCUT2D eigenvalue weighted by Crippen LogP contribution is 2.30. The van der Waals surface area contributed by atoms with Crippen molar-refractivity contribution in [1.82, 2.24) is 5.32 Å². The summed E-state index contributed by atoms with van der Waals surface area (Å²) in [6.45, 7) is 0. The molecule has 1 aliphatic rings. The van der Waals surface area contributed by atoms with Gasteiger partial charge in [-0.1, -0.05) is 36.4 Å². The van der Waals surface area contributed by atoms with Crippen molar-refractivity contribution >= 4 is 5.91 Å². The third-order valence-corrected chi connectivity index (χ3v) is 5.25. The minimum atomic E-state index is -0.103. The van der Waals surface area contributed by atoms with Gasteiger partial charge in [-0.25, -0.2) is 0 Å². The minimum Gasteiger partial charge on any atom is -0.493 e. The maximum absolute atomic E-state index is 12.8. The normalized spacial score (nSPS) is 20.1. The number of hydrogen-bond acceptors (Lipinski definition) is 4. The van der Waals surface area contributed by atoms with Gasteiger partial charge in [0.15, 0.2) is 11.5 Å². The molecule has 1 saturated carbocycles. The molecule has 0 saturated heterocycles. The van der Waals surface area contributed by atoms with Crippen molar-refractivity contribution in [2.75, 3.05) is 14.2 Å². The molecule has 2 aromatic rings. The Hall–Kier alpha value is -2.53. The molecule has 0 radical (unpaired) electrons. The molecule has 144 valence electrons. The van der Waals surface area contributed by atoms with Crippen LogP contribution in [0, 0.1) is 5.92 Å². The first kappa shape index (κ1) is 19.2. The lowest BCUT2D eigenvalue weighted by molar-refractivity contribution is -0.125. The van der Waals surface area contributed by atoms with Crippen LogP contribution in [0.3, 0.4) is 0 Å². The second kappa shape index (κ2) is 8.91. The van der Waals surface area contributed by atoms with E-state index in [1.807, 2.05) is 48.5 Å². The van der Waals surface area contributed by atoms with E-state index in [2.05, 4.69) is 5.32 Å². The van der Waals surface area contributed by atoms with E-state index < -0.39 is 0 Å². The maximum Gasteiger partial charge on any atom is 0.223 e. The van der Waals surface area contributed by atoms with Crippen LogP contribution in [0.15, 0.2) is 48.5 Å². The van der Waals surface area contributed by atoms with Gasteiger partial charge in [-0.15, -0.1) is 0 Å². The molecule has 0 aliphatic heterocycles. The fourth-order valence-corrected chi connectivity index (χ4v) is 3.72. The number of carbonyl (C=O) groups is 1. The quantitative estimate of drug-likeness (QED) is 0.787. The Kier molecular flexibility index (Phi) is 6.35. The summed E-state index contributed by atoms with van der Waals surface area (Å²) >= 11 is 0. The summed E-state index contributed by atoms with van der Waals surface area (Å²) in [5.41, 5.74) is 8.14. The largest absolute Gasteiger partial charge is 0.493 e. The van der Waals surface area contributed by atoms with Gasteiger partial charge >= 0.3 is 0 Å². The molecule has 0 heterocycles. The summed E-state index contributed by atoms with van der Waals surface area (Å²) in [5.74, 6) is 1.49.